The van der Waals surface area contributed by atoms with E-state index in [0.29, 0.717) is 0 Å². The Morgan fingerprint density at radius 3 is 2.05 bits per heavy atom. The van der Waals surface area contributed by atoms with Gasteiger partial charge < -0.3 is 9.31 Å². The smallest absolute Gasteiger partial charge is 0.399 e. The van der Waals surface area contributed by atoms with E-state index in [-0.39, 0.29) is 18.3 Å². The molecule has 1 aliphatic heterocycles. The van der Waals surface area contributed by atoms with Crippen molar-refractivity contribution in [2.45, 2.75) is 45.8 Å². The molecule has 114 valence electrons. The Balaban J connectivity index is 1.82. The third-order valence-electron chi connectivity index (χ3n) is 4.83. The summed E-state index contributed by atoms with van der Waals surface area (Å²) in [4.78, 5) is 1.35. The van der Waals surface area contributed by atoms with Crippen LogP contribution in [0, 0.1) is 6.92 Å². The molecule has 1 aliphatic rings. The Hall–Kier alpha value is -0.875. The van der Waals surface area contributed by atoms with Crippen LogP contribution in [-0.2, 0) is 9.31 Å². The lowest BCUT2D eigenvalue weighted by Gasteiger charge is -2.32. The fraction of sp³-hybridized carbons (Fsp3) is 0.412. The van der Waals surface area contributed by atoms with E-state index in [0.717, 1.165) is 4.78 Å². The number of fused-ring (bicyclic) bond motifs is 3. The highest BCUT2D eigenvalue weighted by Gasteiger charge is 2.52. The molecule has 0 radical (unpaired) electrons. The van der Waals surface area contributed by atoms with Gasteiger partial charge in [0.25, 0.3) is 0 Å². The first-order chi connectivity index (χ1) is 10.3. The van der Waals surface area contributed by atoms with E-state index < -0.39 is 0 Å². The van der Waals surface area contributed by atoms with Crippen molar-refractivity contribution in [3.63, 3.8) is 0 Å². The van der Waals surface area contributed by atoms with E-state index in [1.807, 2.05) is 11.3 Å². The van der Waals surface area contributed by atoms with Gasteiger partial charge in [0, 0.05) is 29.8 Å². The zero-order valence-corrected chi connectivity index (χ0v) is 15.2. The molecule has 0 saturated carbocycles. The molecule has 3 heterocycles. The molecule has 0 amide bonds. The Morgan fingerprint density at radius 2 is 1.41 bits per heavy atom. The maximum atomic E-state index is 6.19. The van der Waals surface area contributed by atoms with E-state index in [1.165, 1.54) is 25.0 Å². The minimum absolute atomic E-state index is 0.266. The summed E-state index contributed by atoms with van der Waals surface area (Å²) in [5.74, 6) is 0. The summed E-state index contributed by atoms with van der Waals surface area (Å²) >= 11 is 3.62. The zero-order chi connectivity index (χ0) is 15.7. The quantitative estimate of drug-likeness (QED) is 0.601. The highest BCUT2D eigenvalue weighted by Crippen LogP contribution is 2.39. The first kappa shape index (κ1) is 14.7. The summed E-state index contributed by atoms with van der Waals surface area (Å²) in [5, 5.41) is 2.66. The molecule has 3 aromatic rings. The largest absolute Gasteiger partial charge is 0.505 e. The molecule has 5 heteroatoms. The molecule has 1 aromatic carbocycles. The summed E-state index contributed by atoms with van der Waals surface area (Å²) in [6, 6.07) is 8.96. The molecule has 1 saturated heterocycles. The van der Waals surface area contributed by atoms with Crippen LogP contribution in [0.25, 0.3) is 20.2 Å². The fourth-order valence-electron chi connectivity index (χ4n) is 2.85. The average molecular weight is 330 g/mol. The summed E-state index contributed by atoms with van der Waals surface area (Å²) in [5.41, 5.74) is -0.579. The van der Waals surface area contributed by atoms with Gasteiger partial charge in [-0.25, -0.2) is 0 Å². The molecule has 0 atom stereocenters. The van der Waals surface area contributed by atoms with E-state index >= 15 is 0 Å². The predicted molar refractivity (Wildman–Crippen MR) is 97.7 cm³/mol. The lowest BCUT2D eigenvalue weighted by Crippen LogP contribution is -2.41. The highest BCUT2D eigenvalue weighted by molar-refractivity contribution is 7.28. The number of rotatable bonds is 1. The molecule has 2 aromatic heterocycles. The summed E-state index contributed by atoms with van der Waals surface area (Å²) in [7, 11) is -0.266. The predicted octanol–water partition coefficient (Wildman–Crippen LogP) is 4.72. The molecule has 1 fully saturated rings. The first-order valence-corrected chi connectivity index (χ1v) is 9.18. The van der Waals surface area contributed by atoms with Crippen molar-refractivity contribution in [2.24, 2.45) is 0 Å². The standard InChI is InChI=1S/C17H19BO2S2/c1-10-8-11-12-9-15(22-14(12)7-6-13(11)21-10)18-19-16(2,3)17(4,5)20-18/h6-9H,1-5H3. The van der Waals surface area contributed by atoms with E-state index in [4.69, 9.17) is 9.31 Å². The normalized spacial score (nSPS) is 20.3. The van der Waals surface area contributed by atoms with Crippen molar-refractivity contribution < 1.29 is 9.31 Å². The average Bonchev–Trinajstić information content (AvgIpc) is 3.03. The van der Waals surface area contributed by atoms with Crippen molar-refractivity contribution in [3.05, 3.63) is 29.1 Å². The zero-order valence-electron chi connectivity index (χ0n) is 13.5. The minimum Gasteiger partial charge on any atom is -0.399 e. The van der Waals surface area contributed by atoms with Crippen LogP contribution in [0.15, 0.2) is 24.3 Å². The van der Waals surface area contributed by atoms with E-state index in [9.17, 15) is 0 Å². The minimum atomic E-state index is -0.290. The number of thiophene rings is 2. The second-order valence-corrected chi connectivity index (χ2v) is 9.39. The van der Waals surface area contributed by atoms with Crippen LogP contribution in [-0.4, -0.2) is 18.3 Å². The topological polar surface area (TPSA) is 18.5 Å². The van der Waals surface area contributed by atoms with Crippen molar-refractivity contribution in [1.82, 2.24) is 0 Å². The first-order valence-electron chi connectivity index (χ1n) is 7.55. The van der Waals surface area contributed by atoms with Gasteiger partial charge in [0.05, 0.1) is 11.2 Å². The highest BCUT2D eigenvalue weighted by atomic mass is 32.1. The molecular weight excluding hydrogens is 311 g/mol. The lowest BCUT2D eigenvalue weighted by molar-refractivity contribution is 0.00578. The van der Waals surface area contributed by atoms with Crippen LogP contribution < -0.4 is 4.78 Å². The lowest BCUT2D eigenvalue weighted by atomic mass is 9.87. The summed E-state index contributed by atoms with van der Waals surface area (Å²) < 4.78 is 16.2. The van der Waals surface area contributed by atoms with Gasteiger partial charge in [-0.15, -0.1) is 22.7 Å². The monoisotopic (exact) mass is 330 g/mol. The molecule has 0 spiro atoms. The Kier molecular flexibility index (Phi) is 3.06. The molecule has 0 aliphatic carbocycles. The van der Waals surface area contributed by atoms with Crippen molar-refractivity contribution in [2.75, 3.05) is 0 Å². The van der Waals surface area contributed by atoms with Crippen molar-refractivity contribution in [1.29, 1.82) is 0 Å². The Morgan fingerprint density at radius 1 is 0.864 bits per heavy atom. The maximum absolute atomic E-state index is 6.19. The molecule has 22 heavy (non-hydrogen) atoms. The summed E-state index contributed by atoms with van der Waals surface area (Å²) in [6.45, 7) is 10.6. The van der Waals surface area contributed by atoms with Gasteiger partial charge in [-0.05, 0) is 58.9 Å². The molecule has 2 nitrogen and oxygen atoms in total. The van der Waals surface area contributed by atoms with Gasteiger partial charge in [-0.1, -0.05) is 0 Å². The second kappa shape index (κ2) is 4.57. The van der Waals surface area contributed by atoms with Crippen LogP contribution in [0.5, 0.6) is 0 Å². The van der Waals surface area contributed by atoms with Crippen LogP contribution in [0.4, 0.5) is 0 Å². The SMILES string of the molecule is Cc1cc2c(ccc3sc(B4OC(C)(C)C(C)(C)O4)cc32)s1. The summed E-state index contributed by atoms with van der Waals surface area (Å²) in [6.07, 6.45) is 0. The van der Waals surface area contributed by atoms with Gasteiger partial charge >= 0.3 is 7.12 Å². The van der Waals surface area contributed by atoms with Gasteiger partial charge in [-0.3, -0.25) is 0 Å². The van der Waals surface area contributed by atoms with Gasteiger partial charge in [0.2, 0.25) is 0 Å². The van der Waals surface area contributed by atoms with Crippen LogP contribution in [0.2, 0.25) is 0 Å². The second-order valence-electron chi connectivity index (χ2n) is 6.98. The van der Waals surface area contributed by atoms with Crippen molar-refractivity contribution >= 4 is 54.7 Å². The third kappa shape index (κ3) is 2.07. The number of benzene rings is 1. The van der Waals surface area contributed by atoms with Crippen LogP contribution >= 0.6 is 22.7 Å². The van der Waals surface area contributed by atoms with Gasteiger partial charge in [0.15, 0.2) is 0 Å². The van der Waals surface area contributed by atoms with Crippen LogP contribution in [0.1, 0.15) is 32.6 Å². The molecule has 0 bridgehead atoms. The van der Waals surface area contributed by atoms with Gasteiger partial charge in [-0.2, -0.15) is 0 Å². The van der Waals surface area contributed by atoms with E-state index in [1.54, 1.807) is 11.3 Å². The molecule has 4 rings (SSSR count). The van der Waals surface area contributed by atoms with Crippen molar-refractivity contribution in [3.8, 4) is 0 Å². The maximum Gasteiger partial charge on any atom is 0.505 e. The molecule has 0 unspecified atom stereocenters. The number of aryl methyl sites for hydroxylation is 1. The molecule has 0 N–H and O–H groups in total. The number of hydrogen-bond acceptors (Lipinski definition) is 4. The Bertz CT molecular complexity index is 859. The van der Waals surface area contributed by atoms with E-state index in [2.05, 4.69) is 58.9 Å². The Labute approximate surface area is 139 Å². The third-order valence-corrected chi connectivity index (χ3v) is 6.96. The number of hydrogen-bond donors (Lipinski definition) is 0. The molecular formula is C17H19BO2S2. The van der Waals surface area contributed by atoms with Crippen LogP contribution in [0.3, 0.4) is 0 Å². The van der Waals surface area contributed by atoms with Gasteiger partial charge in [0.1, 0.15) is 0 Å². The fourth-order valence-corrected chi connectivity index (χ4v) is 4.83.